The molecule has 2 N–H and O–H groups in total. The number of carbonyl (C=O) groups excluding carboxylic acids is 2. The van der Waals surface area contributed by atoms with Gasteiger partial charge in [0.05, 0.1) is 35.3 Å². The Balaban J connectivity index is 1.20. The number of amides is 2. The van der Waals surface area contributed by atoms with Crippen LogP contribution in [0.4, 0.5) is 20.8 Å². The highest BCUT2D eigenvalue weighted by Crippen LogP contribution is 2.28. The average molecular weight is 621 g/mol. The molecule has 0 saturated carbocycles. The second-order valence-electron chi connectivity index (χ2n) is 12.9. The van der Waals surface area contributed by atoms with Crippen LogP contribution in [0.15, 0.2) is 43.0 Å². The van der Waals surface area contributed by atoms with E-state index in [1.165, 1.54) is 11.3 Å². The van der Waals surface area contributed by atoms with Crippen molar-refractivity contribution in [3.05, 3.63) is 69.8 Å². The number of aryl methyl sites for hydroxylation is 1. The number of hydrogen-bond acceptors (Lipinski definition) is 9. The molecule has 0 aliphatic carbocycles. The van der Waals surface area contributed by atoms with Crippen molar-refractivity contribution in [3.63, 3.8) is 0 Å². The van der Waals surface area contributed by atoms with Crippen LogP contribution in [0, 0.1) is 12.7 Å². The Labute approximate surface area is 259 Å². The van der Waals surface area contributed by atoms with Gasteiger partial charge in [0.25, 0.3) is 5.91 Å². The topological polar surface area (TPSA) is 127 Å². The minimum atomic E-state index is -0.553. The van der Waals surface area contributed by atoms with Gasteiger partial charge in [-0.1, -0.05) is 32.9 Å². The molecule has 232 valence electrons. The number of benzene rings is 1. The van der Waals surface area contributed by atoms with Crippen molar-refractivity contribution in [1.82, 2.24) is 34.9 Å². The van der Waals surface area contributed by atoms with Crippen molar-refractivity contribution in [3.8, 4) is 11.3 Å². The van der Waals surface area contributed by atoms with E-state index in [0.29, 0.717) is 35.8 Å². The van der Waals surface area contributed by atoms with Crippen molar-refractivity contribution in [2.75, 3.05) is 18.4 Å². The van der Waals surface area contributed by atoms with Crippen LogP contribution < -0.4 is 10.6 Å². The Morgan fingerprint density at radius 1 is 1.09 bits per heavy atom. The fraction of sp³-hybridized carbons (Fsp3) is 0.419. The minimum absolute atomic E-state index is 0.0250. The maximum atomic E-state index is 14.8. The van der Waals surface area contributed by atoms with Crippen LogP contribution >= 0.6 is 11.3 Å². The number of thiazole rings is 1. The Morgan fingerprint density at radius 3 is 2.50 bits per heavy atom. The number of nitrogens with zero attached hydrogens (tertiary/aromatic N) is 6. The molecule has 4 heterocycles. The molecule has 0 radical (unpaired) electrons. The average Bonchev–Trinajstić information content (AvgIpc) is 3.57. The lowest BCUT2D eigenvalue weighted by atomic mass is 9.98. The monoisotopic (exact) mass is 620 g/mol. The molecular weight excluding hydrogens is 583 g/mol. The fourth-order valence-corrected chi connectivity index (χ4v) is 5.38. The van der Waals surface area contributed by atoms with Gasteiger partial charge in [-0.2, -0.15) is 5.10 Å². The summed E-state index contributed by atoms with van der Waals surface area (Å²) in [6.07, 6.45) is 5.83. The van der Waals surface area contributed by atoms with Crippen LogP contribution in [0.3, 0.4) is 0 Å². The molecular formula is C31H37FN8O3S. The number of rotatable bonds is 7. The van der Waals surface area contributed by atoms with E-state index >= 15 is 0 Å². The highest BCUT2D eigenvalue weighted by Gasteiger charge is 2.35. The molecule has 4 aromatic rings. The van der Waals surface area contributed by atoms with Crippen molar-refractivity contribution in [2.45, 2.75) is 72.1 Å². The zero-order chi connectivity index (χ0) is 31.8. The summed E-state index contributed by atoms with van der Waals surface area (Å²) in [6, 6.07) is 5.50. The van der Waals surface area contributed by atoms with Crippen molar-refractivity contribution in [2.24, 2.45) is 0 Å². The summed E-state index contributed by atoms with van der Waals surface area (Å²) in [4.78, 5) is 40.0. The van der Waals surface area contributed by atoms with E-state index in [-0.39, 0.29) is 35.1 Å². The smallest absolute Gasteiger partial charge is 0.410 e. The Morgan fingerprint density at radius 2 is 1.84 bits per heavy atom. The first-order chi connectivity index (χ1) is 20.7. The summed E-state index contributed by atoms with van der Waals surface area (Å²) in [7, 11) is 0. The number of hydrogen-bond donors (Lipinski definition) is 2. The van der Waals surface area contributed by atoms with E-state index in [9.17, 15) is 14.0 Å². The third-order valence-electron chi connectivity index (χ3n) is 6.92. The highest BCUT2D eigenvalue weighted by atomic mass is 32.1. The van der Waals surface area contributed by atoms with Gasteiger partial charge in [-0.05, 0) is 44.9 Å². The summed E-state index contributed by atoms with van der Waals surface area (Å²) in [5.74, 6) is -0.513. The number of carbonyl (C=O) groups is 2. The summed E-state index contributed by atoms with van der Waals surface area (Å²) in [5, 5.41) is 11.3. The molecule has 5 rings (SSSR count). The zero-order valence-corrected chi connectivity index (χ0v) is 26.8. The SMILES string of the molecule is Cc1cc(-c2nc(Nc3cnn(C4CN(C(=O)OC(C)(C)C)C4)c3)ncc2F)ccc1CNC(=O)c1cnc(C(C)(C)C)s1. The predicted molar refractivity (Wildman–Crippen MR) is 167 cm³/mol. The third kappa shape index (κ3) is 7.21. The summed E-state index contributed by atoms with van der Waals surface area (Å²) >= 11 is 1.39. The molecule has 3 aromatic heterocycles. The first-order valence-corrected chi connectivity index (χ1v) is 15.1. The fourth-order valence-electron chi connectivity index (χ4n) is 4.49. The van der Waals surface area contributed by atoms with Gasteiger partial charge in [0.1, 0.15) is 16.2 Å². The number of nitrogens with one attached hydrogen (secondary N) is 2. The van der Waals surface area contributed by atoms with Gasteiger partial charge in [-0.25, -0.2) is 24.1 Å². The molecule has 1 aliphatic rings. The molecule has 0 atom stereocenters. The quantitative estimate of drug-likeness (QED) is 0.257. The van der Waals surface area contributed by atoms with Gasteiger partial charge in [0.2, 0.25) is 5.95 Å². The zero-order valence-electron chi connectivity index (χ0n) is 25.9. The lowest BCUT2D eigenvalue weighted by Gasteiger charge is -2.39. The largest absolute Gasteiger partial charge is 0.444 e. The lowest BCUT2D eigenvalue weighted by molar-refractivity contribution is -0.000389. The molecule has 44 heavy (non-hydrogen) atoms. The van der Waals surface area contributed by atoms with E-state index in [0.717, 1.165) is 22.3 Å². The predicted octanol–water partition coefficient (Wildman–Crippen LogP) is 6.01. The summed E-state index contributed by atoms with van der Waals surface area (Å²) in [5.41, 5.74) is 2.51. The van der Waals surface area contributed by atoms with Crippen LogP contribution in [0.5, 0.6) is 0 Å². The molecule has 0 bridgehead atoms. The molecule has 1 aromatic carbocycles. The van der Waals surface area contributed by atoms with Gasteiger partial charge in [0, 0.05) is 36.8 Å². The number of halogens is 1. The maximum Gasteiger partial charge on any atom is 0.410 e. The molecule has 0 spiro atoms. The third-order valence-corrected chi connectivity index (χ3v) is 8.34. The van der Waals surface area contributed by atoms with Gasteiger partial charge in [0.15, 0.2) is 5.82 Å². The Kier molecular flexibility index (Phi) is 8.43. The summed E-state index contributed by atoms with van der Waals surface area (Å²) < 4.78 is 22.0. The molecule has 1 fully saturated rings. The Bertz CT molecular complexity index is 1680. The van der Waals surface area contributed by atoms with Crippen LogP contribution in [0.1, 0.15) is 73.4 Å². The van der Waals surface area contributed by atoms with E-state index in [2.05, 4.69) is 51.5 Å². The van der Waals surface area contributed by atoms with E-state index in [4.69, 9.17) is 4.74 Å². The van der Waals surface area contributed by atoms with Crippen LogP contribution in [0.2, 0.25) is 0 Å². The van der Waals surface area contributed by atoms with Gasteiger partial charge in [-0.15, -0.1) is 11.3 Å². The van der Waals surface area contributed by atoms with Crippen LogP contribution in [-0.4, -0.2) is 60.3 Å². The molecule has 11 nitrogen and oxygen atoms in total. The minimum Gasteiger partial charge on any atom is -0.444 e. The van der Waals surface area contributed by atoms with Gasteiger partial charge in [-0.3, -0.25) is 9.48 Å². The first-order valence-electron chi connectivity index (χ1n) is 14.3. The highest BCUT2D eigenvalue weighted by molar-refractivity contribution is 7.13. The second kappa shape index (κ2) is 11.9. The van der Waals surface area contributed by atoms with Crippen molar-refractivity contribution >= 4 is 35.0 Å². The van der Waals surface area contributed by atoms with E-state index < -0.39 is 11.4 Å². The number of ether oxygens (including phenoxy) is 1. The van der Waals surface area contributed by atoms with Gasteiger partial charge >= 0.3 is 6.09 Å². The van der Waals surface area contributed by atoms with Crippen molar-refractivity contribution < 1.29 is 18.7 Å². The Hall–Kier alpha value is -4.39. The number of anilines is 2. The number of likely N-dealkylation sites (tertiary alicyclic amines) is 1. The molecule has 2 amide bonds. The van der Waals surface area contributed by atoms with Crippen LogP contribution in [-0.2, 0) is 16.7 Å². The van der Waals surface area contributed by atoms with Crippen LogP contribution in [0.25, 0.3) is 11.3 Å². The lowest BCUT2D eigenvalue weighted by Crippen LogP contribution is -2.52. The molecule has 1 saturated heterocycles. The van der Waals surface area contributed by atoms with Gasteiger partial charge < -0.3 is 20.3 Å². The molecule has 1 aliphatic heterocycles. The first kappa shape index (κ1) is 31.0. The number of aromatic nitrogens is 5. The van der Waals surface area contributed by atoms with Crippen molar-refractivity contribution in [1.29, 1.82) is 0 Å². The normalized spacial score (nSPS) is 13.9. The molecule has 13 heteroatoms. The van der Waals surface area contributed by atoms with E-state index in [1.807, 2.05) is 39.8 Å². The standard InChI is InChI=1S/C31H37FN8O3S/c1-18-10-19(8-9-20(18)11-33-26(41)24-14-34-27(44-24)30(2,3)4)25-23(32)13-35-28(38-25)37-21-12-36-40(15-21)22-16-39(17-22)29(42)43-31(5,6)7/h8-10,12-15,22H,11,16-17H2,1-7H3,(H,33,41)(H,35,37,38). The van der Waals surface area contributed by atoms with E-state index in [1.54, 1.807) is 34.2 Å². The maximum absolute atomic E-state index is 14.8. The summed E-state index contributed by atoms with van der Waals surface area (Å²) in [6.45, 7) is 14.9. The second-order valence-corrected chi connectivity index (χ2v) is 13.9. The molecule has 0 unspecified atom stereocenters.